The van der Waals surface area contributed by atoms with Gasteiger partial charge in [0.1, 0.15) is 22.9 Å². The topological polar surface area (TPSA) is 118 Å². The first-order valence-electron chi connectivity index (χ1n) is 12.4. The van der Waals surface area contributed by atoms with E-state index in [2.05, 4.69) is 20.6 Å². The first-order valence-corrected chi connectivity index (χ1v) is 15.2. The predicted octanol–water partition coefficient (Wildman–Crippen LogP) is 6.20. The van der Waals surface area contributed by atoms with Gasteiger partial charge in [-0.15, -0.1) is 11.3 Å². The molecule has 13 heteroatoms. The van der Waals surface area contributed by atoms with Gasteiger partial charge < -0.3 is 10.6 Å². The summed E-state index contributed by atoms with van der Waals surface area (Å²) in [6.07, 6.45) is 4.55. The average Bonchev–Trinajstić information content (AvgIpc) is 3.55. The molecule has 1 amide bonds. The molecule has 0 aliphatic carbocycles. The lowest BCUT2D eigenvalue weighted by Crippen LogP contribution is -2.15. The van der Waals surface area contributed by atoms with Gasteiger partial charge in [0.15, 0.2) is 14.8 Å². The molecule has 0 atom stereocenters. The Morgan fingerprint density at radius 1 is 0.929 bits per heavy atom. The molecule has 0 spiro atoms. The number of aromatic nitrogens is 4. The third-order valence-corrected chi connectivity index (χ3v) is 8.13. The van der Waals surface area contributed by atoms with Gasteiger partial charge in [0, 0.05) is 41.0 Å². The Morgan fingerprint density at radius 2 is 1.67 bits per heavy atom. The molecule has 0 aliphatic heterocycles. The third kappa shape index (κ3) is 5.34. The van der Waals surface area contributed by atoms with Crippen molar-refractivity contribution in [2.24, 2.45) is 0 Å². The van der Waals surface area contributed by atoms with E-state index in [1.807, 2.05) is 16.0 Å². The van der Waals surface area contributed by atoms with Crippen molar-refractivity contribution in [1.29, 1.82) is 0 Å². The van der Waals surface area contributed by atoms with Crippen molar-refractivity contribution in [1.82, 2.24) is 19.4 Å². The highest BCUT2D eigenvalue weighted by Crippen LogP contribution is 2.35. The molecule has 0 saturated heterocycles. The Labute approximate surface area is 242 Å². The largest absolute Gasteiger partial charge is 0.324 e. The molecule has 3 aromatic carbocycles. The maximum atomic E-state index is 14.2. The second kappa shape index (κ2) is 10.8. The molecule has 0 bridgehead atoms. The molecule has 3 aromatic heterocycles. The highest BCUT2D eigenvalue weighted by atomic mass is 32.2. The highest BCUT2D eigenvalue weighted by molar-refractivity contribution is 7.90. The average molecular weight is 603 g/mol. The number of hydrogen-bond donors (Lipinski definition) is 2. The Morgan fingerprint density at radius 3 is 2.45 bits per heavy atom. The van der Waals surface area contributed by atoms with Gasteiger partial charge >= 0.3 is 0 Å². The van der Waals surface area contributed by atoms with Crippen LogP contribution < -0.4 is 10.6 Å². The standard InChI is InChI=1S/C29H20F2N6O3S2/c1-42(39,40)20-8-3-7-19(16-20)34-28-32-12-11-23(35-28)26-25(36-29-37(26)13-14-41-29)17-5-2-6-18(15-17)33-27(38)24-21(30)9-4-10-22(24)31/h2-16H,1H3,(H,33,38)(H,32,34,35). The summed E-state index contributed by atoms with van der Waals surface area (Å²) in [4.78, 5) is 27.3. The van der Waals surface area contributed by atoms with Crippen LogP contribution in [0.15, 0.2) is 95.5 Å². The lowest BCUT2D eigenvalue weighted by molar-refractivity contribution is 0.101. The van der Waals surface area contributed by atoms with Crippen molar-refractivity contribution in [2.45, 2.75) is 4.90 Å². The molecule has 42 heavy (non-hydrogen) atoms. The molecule has 6 aromatic rings. The van der Waals surface area contributed by atoms with E-state index >= 15 is 0 Å². The van der Waals surface area contributed by atoms with Crippen LogP contribution >= 0.6 is 11.3 Å². The van der Waals surface area contributed by atoms with E-state index in [0.717, 1.165) is 18.4 Å². The summed E-state index contributed by atoms with van der Waals surface area (Å²) in [5.41, 5.74) is 2.49. The maximum Gasteiger partial charge on any atom is 0.261 e. The van der Waals surface area contributed by atoms with E-state index in [4.69, 9.17) is 4.98 Å². The fourth-order valence-electron chi connectivity index (χ4n) is 4.37. The zero-order valence-electron chi connectivity index (χ0n) is 21.7. The Kier molecular flexibility index (Phi) is 6.96. The molecule has 0 aliphatic rings. The minimum absolute atomic E-state index is 0.159. The third-order valence-electron chi connectivity index (χ3n) is 6.26. The van der Waals surface area contributed by atoms with Gasteiger partial charge in [0.05, 0.1) is 16.3 Å². The predicted molar refractivity (Wildman–Crippen MR) is 157 cm³/mol. The van der Waals surface area contributed by atoms with Crippen LogP contribution in [0.25, 0.3) is 27.6 Å². The van der Waals surface area contributed by atoms with E-state index < -0.39 is 32.9 Å². The summed E-state index contributed by atoms with van der Waals surface area (Å²) in [5, 5.41) is 7.49. The number of carbonyl (C=O) groups is 1. The van der Waals surface area contributed by atoms with Gasteiger partial charge in [0.2, 0.25) is 5.95 Å². The van der Waals surface area contributed by atoms with E-state index in [9.17, 15) is 22.0 Å². The van der Waals surface area contributed by atoms with Gasteiger partial charge in [-0.05, 0) is 48.5 Å². The lowest BCUT2D eigenvalue weighted by atomic mass is 10.1. The van der Waals surface area contributed by atoms with E-state index in [0.29, 0.717) is 39.0 Å². The van der Waals surface area contributed by atoms with Gasteiger partial charge in [-0.25, -0.2) is 32.2 Å². The van der Waals surface area contributed by atoms with E-state index in [1.165, 1.54) is 29.5 Å². The number of nitrogens with one attached hydrogen (secondary N) is 2. The van der Waals surface area contributed by atoms with Crippen LogP contribution in [0.3, 0.4) is 0 Å². The van der Waals surface area contributed by atoms with Crippen molar-refractivity contribution in [3.63, 3.8) is 0 Å². The fraction of sp³-hybridized carbons (Fsp3) is 0.0345. The number of carbonyl (C=O) groups excluding carboxylic acids is 1. The summed E-state index contributed by atoms with van der Waals surface area (Å²) in [6, 6.07) is 18.0. The number of imidazole rings is 1. The number of benzene rings is 3. The van der Waals surface area contributed by atoms with Crippen LogP contribution in [-0.2, 0) is 9.84 Å². The molecule has 0 saturated carbocycles. The van der Waals surface area contributed by atoms with Gasteiger partial charge in [-0.3, -0.25) is 9.20 Å². The minimum atomic E-state index is -3.40. The van der Waals surface area contributed by atoms with Crippen LogP contribution in [0.4, 0.5) is 26.1 Å². The molecular weight excluding hydrogens is 582 g/mol. The molecule has 210 valence electrons. The molecule has 0 radical (unpaired) electrons. The first-order chi connectivity index (χ1) is 20.2. The van der Waals surface area contributed by atoms with E-state index in [-0.39, 0.29) is 10.8 Å². The van der Waals surface area contributed by atoms with Gasteiger partial charge in [-0.2, -0.15) is 0 Å². The Bertz CT molecular complexity index is 2070. The normalized spacial score (nSPS) is 11.5. The van der Waals surface area contributed by atoms with Crippen LogP contribution in [0.2, 0.25) is 0 Å². The molecule has 0 fully saturated rings. The zero-order chi connectivity index (χ0) is 29.4. The first kappa shape index (κ1) is 27.2. The smallest absolute Gasteiger partial charge is 0.261 e. The summed E-state index contributed by atoms with van der Waals surface area (Å²) in [7, 11) is -3.40. The second-order valence-corrected chi connectivity index (χ2v) is 12.1. The molecule has 6 rings (SSSR count). The Balaban J connectivity index is 1.36. The molecule has 9 nitrogen and oxygen atoms in total. The zero-order valence-corrected chi connectivity index (χ0v) is 23.4. The van der Waals surface area contributed by atoms with Gasteiger partial charge in [0.25, 0.3) is 5.91 Å². The SMILES string of the molecule is CS(=O)(=O)c1cccc(Nc2nccc(-c3c(-c4cccc(NC(=O)c5c(F)cccc5F)c4)nc4sccn34)n2)c1. The second-order valence-electron chi connectivity index (χ2n) is 9.19. The lowest BCUT2D eigenvalue weighted by Gasteiger charge is -2.10. The fourth-order valence-corrected chi connectivity index (χ4v) is 5.75. The van der Waals surface area contributed by atoms with Crippen molar-refractivity contribution >= 4 is 49.4 Å². The summed E-state index contributed by atoms with van der Waals surface area (Å²) in [5.74, 6) is -2.60. The van der Waals surface area contributed by atoms with Crippen molar-refractivity contribution in [3.05, 3.63) is 108 Å². The number of hydrogen-bond acceptors (Lipinski definition) is 8. The van der Waals surface area contributed by atoms with Crippen LogP contribution in [0, 0.1) is 11.6 Å². The molecule has 2 N–H and O–H groups in total. The molecule has 3 heterocycles. The summed E-state index contributed by atoms with van der Waals surface area (Å²) in [6.45, 7) is 0. The number of anilines is 3. The number of amides is 1. The number of fused-ring (bicyclic) bond motifs is 1. The number of sulfone groups is 1. The van der Waals surface area contributed by atoms with Crippen LogP contribution in [0.1, 0.15) is 10.4 Å². The van der Waals surface area contributed by atoms with Gasteiger partial charge in [-0.1, -0.05) is 24.3 Å². The number of nitrogens with zero attached hydrogens (tertiary/aromatic N) is 4. The van der Waals surface area contributed by atoms with Crippen molar-refractivity contribution < 1.29 is 22.0 Å². The maximum absolute atomic E-state index is 14.2. The molecule has 0 unspecified atom stereocenters. The van der Waals surface area contributed by atoms with Crippen LogP contribution in [-0.4, -0.2) is 39.9 Å². The monoisotopic (exact) mass is 602 g/mol. The van der Waals surface area contributed by atoms with Crippen molar-refractivity contribution in [2.75, 3.05) is 16.9 Å². The number of halogens is 2. The van der Waals surface area contributed by atoms with Crippen molar-refractivity contribution in [3.8, 4) is 22.6 Å². The Hall–Kier alpha value is -5.01. The number of rotatable bonds is 7. The highest BCUT2D eigenvalue weighted by Gasteiger charge is 2.21. The molecular formula is C29H20F2N6O3S2. The minimum Gasteiger partial charge on any atom is -0.324 e. The summed E-state index contributed by atoms with van der Waals surface area (Å²) >= 11 is 1.42. The quantitative estimate of drug-likeness (QED) is 0.223. The summed E-state index contributed by atoms with van der Waals surface area (Å²) < 4.78 is 54.1. The van der Waals surface area contributed by atoms with E-state index in [1.54, 1.807) is 48.7 Å². The van der Waals surface area contributed by atoms with Crippen LogP contribution in [0.5, 0.6) is 0 Å². The number of thiazole rings is 1.